The van der Waals surface area contributed by atoms with Crippen LogP contribution in [0.1, 0.15) is 21.5 Å². The molecule has 0 fully saturated rings. The highest BCUT2D eigenvalue weighted by molar-refractivity contribution is 6.01. The SMILES string of the molecule is Cc1ccc(Nc2c(C(=O)NOCCO)cc(/C=N/OCC(O)CO)c(F)c2F)c(F)c1. The Morgan fingerprint density at radius 3 is 2.62 bits per heavy atom. The van der Waals surface area contributed by atoms with Crippen molar-refractivity contribution in [3.63, 3.8) is 0 Å². The zero-order chi connectivity index (χ0) is 23.7. The predicted molar refractivity (Wildman–Crippen MR) is 108 cm³/mol. The highest BCUT2D eigenvalue weighted by Gasteiger charge is 2.23. The smallest absolute Gasteiger partial charge is 0.277 e. The lowest BCUT2D eigenvalue weighted by Gasteiger charge is -2.16. The molecule has 0 saturated carbocycles. The molecular formula is C20H22F3N3O6. The minimum atomic E-state index is -1.50. The van der Waals surface area contributed by atoms with E-state index in [1.54, 1.807) is 6.92 Å². The van der Waals surface area contributed by atoms with Crippen molar-refractivity contribution in [3.8, 4) is 0 Å². The third kappa shape index (κ3) is 6.65. The fourth-order valence-electron chi connectivity index (χ4n) is 2.39. The van der Waals surface area contributed by atoms with E-state index in [0.29, 0.717) is 5.56 Å². The molecule has 0 spiro atoms. The summed E-state index contributed by atoms with van der Waals surface area (Å²) in [5.74, 6) is -4.69. The standard InChI is InChI=1S/C20H22F3N3O6/c1-11-2-3-16(15(21)6-11)25-19-14(20(30)26-31-5-4-27)7-12(17(22)18(19)23)8-24-32-10-13(29)9-28/h2-3,6-8,13,25,27-29H,4-5,9-10H2,1H3,(H,26,30)/b24-8+. The number of carbonyl (C=O) groups is 1. The molecule has 0 saturated heterocycles. The normalized spacial score (nSPS) is 12.1. The number of aliphatic hydroxyl groups excluding tert-OH is 3. The Morgan fingerprint density at radius 1 is 1.22 bits per heavy atom. The van der Waals surface area contributed by atoms with Crippen molar-refractivity contribution in [3.05, 3.63) is 58.4 Å². The maximum Gasteiger partial charge on any atom is 0.277 e. The molecule has 0 bridgehead atoms. The third-order valence-corrected chi connectivity index (χ3v) is 3.97. The van der Waals surface area contributed by atoms with Gasteiger partial charge in [0.2, 0.25) is 0 Å². The molecule has 1 amide bonds. The number of benzene rings is 2. The fourth-order valence-corrected chi connectivity index (χ4v) is 2.39. The van der Waals surface area contributed by atoms with Crippen molar-refractivity contribution in [1.82, 2.24) is 5.48 Å². The number of nitrogens with one attached hydrogen (secondary N) is 2. The summed E-state index contributed by atoms with van der Waals surface area (Å²) in [6.07, 6.45) is -0.473. The van der Waals surface area contributed by atoms with Gasteiger partial charge in [-0.05, 0) is 30.7 Å². The van der Waals surface area contributed by atoms with Crippen LogP contribution < -0.4 is 10.8 Å². The van der Waals surface area contributed by atoms with E-state index in [9.17, 15) is 23.1 Å². The van der Waals surface area contributed by atoms with Gasteiger partial charge in [-0.3, -0.25) is 9.63 Å². The lowest BCUT2D eigenvalue weighted by atomic mass is 10.1. The van der Waals surface area contributed by atoms with Crippen LogP contribution in [0.3, 0.4) is 0 Å². The van der Waals surface area contributed by atoms with E-state index >= 15 is 0 Å². The molecule has 32 heavy (non-hydrogen) atoms. The Balaban J connectivity index is 2.42. The molecule has 1 unspecified atom stereocenters. The van der Waals surface area contributed by atoms with Gasteiger partial charge in [0.1, 0.15) is 18.5 Å². The van der Waals surface area contributed by atoms with Crippen LogP contribution in [0.5, 0.6) is 0 Å². The first kappa shape index (κ1) is 25.1. The van der Waals surface area contributed by atoms with Crippen LogP contribution in [-0.2, 0) is 9.68 Å². The Morgan fingerprint density at radius 2 is 1.97 bits per heavy atom. The molecule has 2 rings (SSSR count). The quantitative estimate of drug-likeness (QED) is 0.196. The van der Waals surface area contributed by atoms with E-state index in [1.807, 2.05) is 5.48 Å². The van der Waals surface area contributed by atoms with Crippen LogP contribution in [0.15, 0.2) is 29.4 Å². The molecule has 9 nitrogen and oxygen atoms in total. The molecule has 2 aromatic rings. The van der Waals surface area contributed by atoms with Gasteiger partial charge in [-0.25, -0.2) is 18.7 Å². The summed E-state index contributed by atoms with van der Waals surface area (Å²) in [4.78, 5) is 21.8. The van der Waals surface area contributed by atoms with Crippen LogP contribution in [0.2, 0.25) is 0 Å². The lowest BCUT2D eigenvalue weighted by molar-refractivity contribution is 0.00882. The van der Waals surface area contributed by atoms with Crippen molar-refractivity contribution in [2.75, 3.05) is 31.7 Å². The van der Waals surface area contributed by atoms with Crippen LogP contribution >= 0.6 is 0 Å². The maximum atomic E-state index is 14.9. The van der Waals surface area contributed by atoms with Gasteiger partial charge in [-0.2, -0.15) is 0 Å². The average Bonchev–Trinajstić information content (AvgIpc) is 2.77. The Labute approximate surface area is 181 Å². The number of hydrogen-bond donors (Lipinski definition) is 5. The van der Waals surface area contributed by atoms with Crippen LogP contribution in [0.25, 0.3) is 0 Å². The first-order valence-corrected chi connectivity index (χ1v) is 9.30. The molecule has 0 heterocycles. The monoisotopic (exact) mass is 457 g/mol. The summed E-state index contributed by atoms with van der Waals surface area (Å²) in [6.45, 7) is -0.0363. The molecule has 0 aromatic heterocycles. The Hall–Kier alpha value is -3.19. The number of hydroxylamine groups is 1. The lowest BCUT2D eigenvalue weighted by Crippen LogP contribution is -2.26. The van der Waals surface area contributed by atoms with Gasteiger partial charge < -0.3 is 25.5 Å². The molecule has 12 heteroatoms. The van der Waals surface area contributed by atoms with Crippen molar-refractivity contribution in [1.29, 1.82) is 0 Å². The Bertz CT molecular complexity index is 974. The molecule has 5 N–H and O–H groups in total. The van der Waals surface area contributed by atoms with E-state index < -0.39 is 66.1 Å². The maximum absolute atomic E-state index is 14.9. The van der Waals surface area contributed by atoms with Gasteiger partial charge in [0.15, 0.2) is 11.6 Å². The van der Waals surface area contributed by atoms with E-state index in [4.69, 9.17) is 15.1 Å². The molecule has 2 aromatic carbocycles. The minimum Gasteiger partial charge on any atom is -0.394 e. The molecule has 0 aliphatic heterocycles. The van der Waals surface area contributed by atoms with E-state index in [1.165, 1.54) is 18.2 Å². The van der Waals surface area contributed by atoms with Gasteiger partial charge in [-0.15, -0.1) is 0 Å². The number of nitrogens with zero attached hydrogens (tertiary/aromatic N) is 1. The predicted octanol–water partition coefficient (Wildman–Crippen LogP) is 1.51. The summed E-state index contributed by atoms with van der Waals surface area (Å²) < 4.78 is 43.7. The van der Waals surface area contributed by atoms with Crippen LogP contribution in [0.4, 0.5) is 24.5 Å². The Kier molecular flexibility index (Phi) is 9.40. The van der Waals surface area contributed by atoms with E-state index in [-0.39, 0.29) is 12.3 Å². The summed E-state index contributed by atoms with van der Waals surface area (Å²) >= 11 is 0. The van der Waals surface area contributed by atoms with Gasteiger partial charge >= 0.3 is 0 Å². The number of halogens is 3. The number of oxime groups is 1. The summed E-state index contributed by atoms with van der Waals surface area (Å²) in [7, 11) is 0. The van der Waals surface area contributed by atoms with E-state index in [2.05, 4.69) is 15.3 Å². The van der Waals surface area contributed by atoms with Gasteiger partial charge in [0, 0.05) is 5.56 Å². The van der Waals surface area contributed by atoms with Gasteiger partial charge in [-0.1, -0.05) is 11.2 Å². The number of amides is 1. The highest BCUT2D eigenvalue weighted by atomic mass is 19.2. The topological polar surface area (TPSA) is 133 Å². The first-order valence-electron chi connectivity index (χ1n) is 9.30. The first-order chi connectivity index (χ1) is 15.3. The number of anilines is 2. The zero-order valence-corrected chi connectivity index (χ0v) is 16.9. The second-order valence-electron chi connectivity index (χ2n) is 6.49. The molecule has 174 valence electrons. The van der Waals surface area contributed by atoms with E-state index in [0.717, 1.165) is 12.3 Å². The van der Waals surface area contributed by atoms with Crippen molar-refractivity contribution >= 4 is 23.5 Å². The van der Waals surface area contributed by atoms with Crippen molar-refractivity contribution < 1.29 is 43.0 Å². The second-order valence-corrected chi connectivity index (χ2v) is 6.49. The number of rotatable bonds is 11. The molecule has 0 radical (unpaired) electrons. The van der Waals surface area contributed by atoms with Crippen molar-refractivity contribution in [2.24, 2.45) is 5.16 Å². The number of aliphatic hydroxyl groups is 3. The molecule has 1 atom stereocenters. The van der Waals surface area contributed by atoms with Crippen molar-refractivity contribution in [2.45, 2.75) is 13.0 Å². The molecule has 0 aliphatic rings. The summed E-state index contributed by atoms with van der Waals surface area (Å²) in [5.41, 5.74) is 0.720. The number of carbonyl (C=O) groups excluding carboxylic acids is 1. The third-order valence-electron chi connectivity index (χ3n) is 3.97. The summed E-state index contributed by atoms with van der Waals surface area (Å²) in [5, 5.41) is 32.4. The average molecular weight is 457 g/mol. The second kappa shape index (κ2) is 12.0. The number of hydrogen-bond acceptors (Lipinski definition) is 8. The highest BCUT2D eigenvalue weighted by Crippen LogP contribution is 2.30. The minimum absolute atomic E-state index is 0.207. The van der Waals surface area contributed by atoms with Crippen LogP contribution in [0, 0.1) is 24.4 Å². The molecular weight excluding hydrogens is 435 g/mol. The van der Waals surface area contributed by atoms with Gasteiger partial charge in [0.25, 0.3) is 5.91 Å². The van der Waals surface area contributed by atoms with Gasteiger partial charge in [0.05, 0.1) is 43.0 Å². The largest absolute Gasteiger partial charge is 0.394 e. The molecule has 0 aliphatic carbocycles. The van der Waals surface area contributed by atoms with Crippen LogP contribution in [-0.4, -0.2) is 60.0 Å². The fraction of sp³-hybridized carbons (Fsp3) is 0.300. The zero-order valence-electron chi connectivity index (χ0n) is 16.9. The number of aryl methyl sites for hydroxylation is 1. The summed E-state index contributed by atoms with van der Waals surface area (Å²) in [6, 6.07) is 4.91.